The van der Waals surface area contributed by atoms with Crippen LogP contribution in [0.15, 0.2) is 18.2 Å². The lowest BCUT2D eigenvalue weighted by molar-refractivity contribution is -0.121. The molecule has 0 radical (unpaired) electrons. The van der Waals surface area contributed by atoms with E-state index < -0.39 is 0 Å². The molecule has 1 amide bonds. The van der Waals surface area contributed by atoms with E-state index in [0.717, 1.165) is 5.56 Å². The van der Waals surface area contributed by atoms with Gasteiger partial charge in [-0.05, 0) is 37.5 Å². The summed E-state index contributed by atoms with van der Waals surface area (Å²) in [6.07, 6.45) is 0.0153. The van der Waals surface area contributed by atoms with Crippen LogP contribution in [0.2, 0.25) is 0 Å². The molecule has 21 heavy (non-hydrogen) atoms. The summed E-state index contributed by atoms with van der Waals surface area (Å²) in [6.45, 7) is 6.43. The molecule has 1 heterocycles. The van der Waals surface area contributed by atoms with Crippen LogP contribution in [0.25, 0.3) is 0 Å². The van der Waals surface area contributed by atoms with Gasteiger partial charge in [0.15, 0.2) is 0 Å². The first-order valence-corrected chi connectivity index (χ1v) is 7.31. The highest BCUT2D eigenvalue weighted by Gasteiger charge is 2.41. The maximum Gasteiger partial charge on any atom is 0.230 e. The molecule has 0 spiro atoms. The van der Waals surface area contributed by atoms with Gasteiger partial charge >= 0.3 is 0 Å². The lowest BCUT2D eigenvalue weighted by Crippen LogP contribution is -2.32. The van der Waals surface area contributed by atoms with E-state index in [0.29, 0.717) is 18.0 Å². The van der Waals surface area contributed by atoms with Crippen LogP contribution in [0.1, 0.15) is 26.3 Å². The van der Waals surface area contributed by atoms with Gasteiger partial charge in [0.1, 0.15) is 5.75 Å². The number of rotatable bonds is 4. The maximum atomic E-state index is 12.5. The fourth-order valence-electron chi connectivity index (χ4n) is 2.90. The zero-order valence-electron chi connectivity index (χ0n) is 13.1. The Kier molecular flexibility index (Phi) is 4.85. The van der Waals surface area contributed by atoms with Gasteiger partial charge in [-0.25, -0.2) is 0 Å². The molecule has 0 saturated carbocycles. The average molecular weight is 292 g/mol. The van der Waals surface area contributed by atoms with Crippen molar-refractivity contribution in [1.82, 2.24) is 0 Å². The van der Waals surface area contributed by atoms with E-state index in [-0.39, 0.29) is 30.0 Å². The Morgan fingerprint density at radius 3 is 2.57 bits per heavy atom. The molecule has 1 fully saturated rings. The molecule has 4 unspecified atom stereocenters. The van der Waals surface area contributed by atoms with Crippen molar-refractivity contribution in [2.45, 2.75) is 39.5 Å². The molecule has 1 aromatic rings. The van der Waals surface area contributed by atoms with E-state index in [1.54, 1.807) is 7.11 Å². The number of carbonyl (C=O) groups is 1. The van der Waals surface area contributed by atoms with Crippen molar-refractivity contribution in [1.29, 1.82) is 0 Å². The highest BCUT2D eigenvalue weighted by atomic mass is 16.5. The Bertz CT molecular complexity index is 518. The standard InChI is InChI=1S/C16H24N2O3/c1-9-10(2)21-11(3)15(9)16(19)18-13-6-5-12(8-17)7-14(13)20-4/h5-7,9-11,15H,8,17H2,1-4H3,(H,18,19). The molecule has 0 bridgehead atoms. The Morgan fingerprint density at radius 2 is 2.05 bits per heavy atom. The van der Waals surface area contributed by atoms with Gasteiger partial charge in [-0.3, -0.25) is 4.79 Å². The number of amides is 1. The minimum absolute atomic E-state index is 0.0295. The predicted molar refractivity (Wildman–Crippen MR) is 82.2 cm³/mol. The summed E-state index contributed by atoms with van der Waals surface area (Å²) >= 11 is 0. The molecule has 1 saturated heterocycles. The predicted octanol–water partition coefficient (Wildman–Crippen LogP) is 2.15. The second kappa shape index (κ2) is 6.45. The fourth-order valence-corrected chi connectivity index (χ4v) is 2.90. The van der Waals surface area contributed by atoms with Crippen molar-refractivity contribution >= 4 is 11.6 Å². The summed E-state index contributed by atoms with van der Waals surface area (Å²) in [4.78, 5) is 12.5. The highest BCUT2D eigenvalue weighted by Crippen LogP contribution is 2.34. The molecule has 116 valence electrons. The van der Waals surface area contributed by atoms with Gasteiger partial charge in [0.25, 0.3) is 0 Å². The van der Waals surface area contributed by atoms with Gasteiger partial charge < -0.3 is 20.5 Å². The Balaban J connectivity index is 2.16. The summed E-state index contributed by atoms with van der Waals surface area (Å²) in [5.74, 6) is 0.630. The van der Waals surface area contributed by atoms with Crippen LogP contribution in [0.4, 0.5) is 5.69 Å². The van der Waals surface area contributed by atoms with Crippen LogP contribution < -0.4 is 15.8 Å². The third-order valence-electron chi connectivity index (χ3n) is 4.30. The summed E-state index contributed by atoms with van der Waals surface area (Å²) < 4.78 is 11.1. The summed E-state index contributed by atoms with van der Waals surface area (Å²) in [7, 11) is 1.58. The normalized spacial score (nSPS) is 28.4. The molecule has 3 N–H and O–H groups in total. The summed E-state index contributed by atoms with van der Waals surface area (Å²) in [6, 6.07) is 5.56. The van der Waals surface area contributed by atoms with Crippen LogP contribution >= 0.6 is 0 Å². The second-order valence-electron chi connectivity index (χ2n) is 5.66. The van der Waals surface area contributed by atoms with Gasteiger partial charge in [0.2, 0.25) is 5.91 Å². The molecular weight excluding hydrogens is 268 g/mol. The Morgan fingerprint density at radius 1 is 1.33 bits per heavy atom. The number of benzene rings is 1. The van der Waals surface area contributed by atoms with E-state index in [1.807, 2.05) is 39.0 Å². The minimum atomic E-state index is -0.154. The SMILES string of the molecule is COc1cc(CN)ccc1NC(=O)C1C(C)OC(C)C1C. The number of hydrogen-bond donors (Lipinski definition) is 2. The monoisotopic (exact) mass is 292 g/mol. The third kappa shape index (κ3) is 3.19. The molecule has 0 aliphatic carbocycles. The topological polar surface area (TPSA) is 73.6 Å². The van der Waals surface area contributed by atoms with Crippen LogP contribution in [-0.4, -0.2) is 25.2 Å². The van der Waals surface area contributed by atoms with Crippen molar-refractivity contribution in [3.63, 3.8) is 0 Å². The van der Waals surface area contributed by atoms with E-state index >= 15 is 0 Å². The van der Waals surface area contributed by atoms with Crippen LogP contribution in [0, 0.1) is 11.8 Å². The van der Waals surface area contributed by atoms with Crippen molar-refractivity contribution in [3.05, 3.63) is 23.8 Å². The van der Waals surface area contributed by atoms with Gasteiger partial charge in [-0.1, -0.05) is 13.0 Å². The van der Waals surface area contributed by atoms with Gasteiger partial charge in [0, 0.05) is 6.54 Å². The third-order valence-corrected chi connectivity index (χ3v) is 4.30. The van der Waals surface area contributed by atoms with E-state index in [1.165, 1.54) is 0 Å². The van der Waals surface area contributed by atoms with Crippen molar-refractivity contribution in [2.24, 2.45) is 17.6 Å². The first-order chi connectivity index (χ1) is 9.97. The molecule has 5 nitrogen and oxygen atoms in total. The molecule has 5 heteroatoms. The summed E-state index contributed by atoms with van der Waals surface area (Å²) in [5.41, 5.74) is 7.24. The van der Waals surface area contributed by atoms with Gasteiger partial charge in [-0.15, -0.1) is 0 Å². The molecule has 1 aromatic carbocycles. The van der Waals surface area contributed by atoms with Crippen LogP contribution in [0.3, 0.4) is 0 Å². The smallest absolute Gasteiger partial charge is 0.230 e. The molecule has 2 rings (SSSR count). The van der Waals surface area contributed by atoms with Crippen LogP contribution in [0.5, 0.6) is 5.75 Å². The minimum Gasteiger partial charge on any atom is -0.495 e. The lowest BCUT2D eigenvalue weighted by Gasteiger charge is -2.19. The van der Waals surface area contributed by atoms with E-state index in [9.17, 15) is 4.79 Å². The Hall–Kier alpha value is -1.59. The molecule has 4 atom stereocenters. The molecule has 1 aliphatic heterocycles. The number of nitrogens with two attached hydrogens (primary N) is 1. The average Bonchev–Trinajstić information content (AvgIpc) is 2.72. The molecule has 1 aliphatic rings. The highest BCUT2D eigenvalue weighted by molar-refractivity contribution is 5.94. The number of hydrogen-bond acceptors (Lipinski definition) is 4. The molecular formula is C16H24N2O3. The van der Waals surface area contributed by atoms with Gasteiger partial charge in [-0.2, -0.15) is 0 Å². The number of carbonyl (C=O) groups excluding carboxylic acids is 1. The van der Waals surface area contributed by atoms with Crippen molar-refractivity contribution < 1.29 is 14.3 Å². The number of ether oxygens (including phenoxy) is 2. The number of nitrogens with one attached hydrogen (secondary N) is 1. The zero-order chi connectivity index (χ0) is 15.6. The zero-order valence-corrected chi connectivity index (χ0v) is 13.1. The first-order valence-electron chi connectivity index (χ1n) is 7.31. The van der Waals surface area contributed by atoms with Crippen molar-refractivity contribution in [2.75, 3.05) is 12.4 Å². The second-order valence-corrected chi connectivity index (χ2v) is 5.66. The summed E-state index contributed by atoms with van der Waals surface area (Å²) in [5, 5.41) is 2.95. The molecule has 0 aromatic heterocycles. The van der Waals surface area contributed by atoms with E-state index in [2.05, 4.69) is 5.32 Å². The number of methoxy groups -OCH3 is 1. The Labute approximate surface area is 125 Å². The largest absolute Gasteiger partial charge is 0.495 e. The lowest BCUT2D eigenvalue weighted by atomic mass is 9.89. The quantitative estimate of drug-likeness (QED) is 0.892. The number of anilines is 1. The van der Waals surface area contributed by atoms with Crippen molar-refractivity contribution in [3.8, 4) is 5.75 Å². The van der Waals surface area contributed by atoms with Gasteiger partial charge in [0.05, 0.1) is 30.9 Å². The fraction of sp³-hybridized carbons (Fsp3) is 0.562. The first kappa shape index (κ1) is 15.8. The maximum absolute atomic E-state index is 12.5. The van der Waals surface area contributed by atoms with Crippen LogP contribution in [-0.2, 0) is 16.1 Å². The van der Waals surface area contributed by atoms with E-state index in [4.69, 9.17) is 15.2 Å².